The summed E-state index contributed by atoms with van der Waals surface area (Å²) in [5, 5.41) is 3.11. The Morgan fingerprint density at radius 2 is 1.82 bits per heavy atom. The fourth-order valence-electron chi connectivity index (χ4n) is 4.11. The highest BCUT2D eigenvalue weighted by Gasteiger charge is 2.29. The Morgan fingerprint density at radius 1 is 1.09 bits per heavy atom. The molecule has 3 rings (SSSR count). The maximum absolute atomic E-state index is 12.9. The number of carbonyl (C=O) groups is 2. The van der Waals surface area contributed by atoms with Gasteiger partial charge in [-0.25, -0.2) is 0 Å². The number of nitrogens with zero attached hydrogens (tertiary/aromatic N) is 2. The third kappa shape index (κ3) is 7.22. The quantitative estimate of drug-likeness (QED) is 0.599. The lowest BCUT2D eigenvalue weighted by Crippen LogP contribution is -2.46. The summed E-state index contributed by atoms with van der Waals surface area (Å²) in [6.07, 6.45) is 1.94. The number of likely N-dealkylation sites (N-methyl/N-ethyl adjacent to an activating group) is 1. The molecule has 0 spiro atoms. The van der Waals surface area contributed by atoms with Gasteiger partial charge in [-0.15, -0.1) is 0 Å². The Bertz CT molecular complexity index is 886. The molecular weight excluding hydrogens is 418 g/mol. The molecule has 2 atom stereocenters. The molecule has 2 unspecified atom stereocenters. The third-order valence-electron chi connectivity index (χ3n) is 6.07. The molecule has 0 bridgehead atoms. The minimum Gasteiger partial charge on any atom is -0.497 e. The molecule has 1 heterocycles. The van der Waals surface area contributed by atoms with E-state index in [4.69, 9.17) is 9.47 Å². The number of nitrogens with one attached hydrogen (secondary N) is 1. The van der Waals surface area contributed by atoms with Gasteiger partial charge in [0.2, 0.25) is 11.8 Å². The van der Waals surface area contributed by atoms with Crippen molar-refractivity contribution < 1.29 is 19.1 Å². The average Bonchev–Trinajstić information content (AvgIpc) is 2.85. The van der Waals surface area contributed by atoms with Crippen LogP contribution in [0.2, 0.25) is 0 Å². The van der Waals surface area contributed by atoms with Gasteiger partial charge in [-0.2, -0.15) is 0 Å². The lowest BCUT2D eigenvalue weighted by molar-refractivity contribution is -0.136. The summed E-state index contributed by atoms with van der Waals surface area (Å²) in [5.41, 5.74) is 1.11. The number of hydrogen-bond acceptors (Lipinski definition) is 5. The number of amides is 2. The zero-order chi connectivity index (χ0) is 23.6. The smallest absolute Gasteiger partial charge is 0.226 e. The molecule has 1 N–H and O–H groups in total. The molecular formula is C26H35N3O4. The van der Waals surface area contributed by atoms with E-state index >= 15 is 0 Å². The average molecular weight is 454 g/mol. The first-order valence-corrected chi connectivity index (χ1v) is 11.5. The molecule has 0 aliphatic carbocycles. The van der Waals surface area contributed by atoms with Crippen LogP contribution in [0.1, 0.15) is 30.9 Å². The van der Waals surface area contributed by atoms with E-state index in [0.29, 0.717) is 32.7 Å². The van der Waals surface area contributed by atoms with Gasteiger partial charge in [0.15, 0.2) is 0 Å². The van der Waals surface area contributed by atoms with E-state index in [1.54, 1.807) is 12.0 Å². The van der Waals surface area contributed by atoms with Gasteiger partial charge >= 0.3 is 0 Å². The monoisotopic (exact) mass is 453 g/mol. The van der Waals surface area contributed by atoms with Crippen molar-refractivity contribution in [3.8, 4) is 11.5 Å². The van der Waals surface area contributed by atoms with Gasteiger partial charge in [0.05, 0.1) is 32.1 Å². The Labute approximate surface area is 196 Å². The molecule has 0 aromatic heterocycles. The first kappa shape index (κ1) is 24.6. The van der Waals surface area contributed by atoms with Crippen LogP contribution in [-0.4, -0.2) is 69.1 Å². The Kier molecular flexibility index (Phi) is 9.13. The molecule has 2 amide bonds. The molecule has 178 valence electrons. The van der Waals surface area contributed by atoms with E-state index in [9.17, 15) is 9.59 Å². The lowest BCUT2D eigenvalue weighted by atomic mass is 9.96. The predicted molar refractivity (Wildman–Crippen MR) is 128 cm³/mol. The maximum Gasteiger partial charge on any atom is 0.226 e. The Balaban J connectivity index is 1.48. The molecule has 1 fully saturated rings. The van der Waals surface area contributed by atoms with Crippen molar-refractivity contribution in [3.05, 3.63) is 60.2 Å². The second-order valence-electron chi connectivity index (χ2n) is 8.59. The van der Waals surface area contributed by atoms with E-state index in [2.05, 4.69) is 10.2 Å². The van der Waals surface area contributed by atoms with Gasteiger partial charge in [0.25, 0.3) is 0 Å². The standard InChI is InChI=1S/C26H35N3O4/c1-28(2)24(20-11-13-22(32-3)14-12-20)18-27-26(31)21-8-7-16-29(19-21)25(30)15-17-33-23-9-5-4-6-10-23/h4-6,9-14,21,24H,7-8,15-19H2,1-3H3,(H,27,31). The number of para-hydroxylation sites is 1. The van der Waals surface area contributed by atoms with Gasteiger partial charge in [-0.1, -0.05) is 30.3 Å². The number of piperidine rings is 1. The van der Waals surface area contributed by atoms with Gasteiger partial charge < -0.3 is 24.6 Å². The zero-order valence-electron chi connectivity index (χ0n) is 19.8. The van der Waals surface area contributed by atoms with Crippen molar-refractivity contribution in [1.82, 2.24) is 15.1 Å². The fraction of sp³-hybridized carbons (Fsp3) is 0.462. The Morgan fingerprint density at radius 3 is 2.48 bits per heavy atom. The van der Waals surface area contributed by atoms with Gasteiger partial charge in [0.1, 0.15) is 11.5 Å². The fourth-order valence-corrected chi connectivity index (χ4v) is 4.11. The molecule has 7 heteroatoms. The second-order valence-corrected chi connectivity index (χ2v) is 8.59. The Hall–Kier alpha value is -3.06. The molecule has 0 radical (unpaired) electrons. The molecule has 1 aliphatic rings. The summed E-state index contributed by atoms with van der Waals surface area (Å²) >= 11 is 0. The van der Waals surface area contributed by atoms with Gasteiger partial charge in [-0.3, -0.25) is 9.59 Å². The van der Waals surface area contributed by atoms with Crippen LogP contribution in [0.25, 0.3) is 0 Å². The van der Waals surface area contributed by atoms with Crippen molar-refractivity contribution in [3.63, 3.8) is 0 Å². The van der Waals surface area contributed by atoms with Gasteiger partial charge in [-0.05, 0) is 56.8 Å². The molecule has 1 saturated heterocycles. The number of benzene rings is 2. The number of rotatable bonds is 10. The number of methoxy groups -OCH3 is 1. The first-order chi connectivity index (χ1) is 16.0. The first-order valence-electron chi connectivity index (χ1n) is 11.5. The topological polar surface area (TPSA) is 71.1 Å². The van der Waals surface area contributed by atoms with Crippen molar-refractivity contribution in [2.24, 2.45) is 5.92 Å². The minimum atomic E-state index is -0.184. The van der Waals surface area contributed by atoms with E-state index in [-0.39, 0.29) is 23.8 Å². The molecule has 33 heavy (non-hydrogen) atoms. The SMILES string of the molecule is COc1ccc(C(CNC(=O)C2CCCN(C(=O)CCOc3ccccc3)C2)N(C)C)cc1. The van der Waals surface area contributed by atoms with E-state index < -0.39 is 0 Å². The highest BCUT2D eigenvalue weighted by atomic mass is 16.5. The highest BCUT2D eigenvalue weighted by Crippen LogP contribution is 2.22. The summed E-state index contributed by atoms with van der Waals surface area (Å²) in [6.45, 7) is 2.00. The minimum absolute atomic E-state index is 0.00778. The molecule has 0 saturated carbocycles. The molecule has 7 nitrogen and oxygen atoms in total. The third-order valence-corrected chi connectivity index (χ3v) is 6.07. The number of carbonyl (C=O) groups excluding carboxylic acids is 2. The van der Waals surface area contributed by atoms with Gasteiger partial charge in [0, 0.05) is 19.6 Å². The van der Waals surface area contributed by atoms with Crippen LogP contribution in [0.5, 0.6) is 11.5 Å². The van der Waals surface area contributed by atoms with Crippen LogP contribution in [-0.2, 0) is 9.59 Å². The zero-order valence-corrected chi connectivity index (χ0v) is 19.8. The predicted octanol–water partition coefficient (Wildman–Crippen LogP) is 3.12. The van der Waals surface area contributed by atoms with Crippen LogP contribution in [0, 0.1) is 5.92 Å². The maximum atomic E-state index is 12.9. The van der Waals surface area contributed by atoms with Crippen molar-refractivity contribution >= 4 is 11.8 Å². The van der Waals surface area contributed by atoms with Crippen molar-refractivity contribution in [1.29, 1.82) is 0 Å². The summed E-state index contributed by atoms with van der Waals surface area (Å²) < 4.78 is 10.9. The molecule has 2 aromatic rings. The molecule has 1 aliphatic heterocycles. The second kappa shape index (κ2) is 12.3. The van der Waals surface area contributed by atoms with E-state index in [1.165, 1.54) is 0 Å². The van der Waals surface area contributed by atoms with E-state index in [0.717, 1.165) is 29.9 Å². The summed E-state index contributed by atoms with van der Waals surface area (Å²) in [6, 6.07) is 17.4. The number of ether oxygens (including phenoxy) is 2. The lowest BCUT2D eigenvalue weighted by Gasteiger charge is -2.33. The van der Waals surface area contributed by atoms with E-state index in [1.807, 2.05) is 68.7 Å². The van der Waals surface area contributed by atoms with Crippen molar-refractivity contribution in [2.75, 3.05) is 47.4 Å². The van der Waals surface area contributed by atoms with Crippen LogP contribution >= 0.6 is 0 Å². The largest absolute Gasteiger partial charge is 0.497 e. The summed E-state index contributed by atoms with van der Waals surface area (Å²) in [4.78, 5) is 29.4. The van der Waals surface area contributed by atoms with Crippen LogP contribution in [0.15, 0.2) is 54.6 Å². The summed E-state index contributed by atoms with van der Waals surface area (Å²) in [7, 11) is 5.65. The number of hydrogen-bond donors (Lipinski definition) is 1. The van der Waals surface area contributed by atoms with Crippen molar-refractivity contribution in [2.45, 2.75) is 25.3 Å². The van der Waals surface area contributed by atoms with Crippen LogP contribution < -0.4 is 14.8 Å². The molecule has 2 aromatic carbocycles. The highest BCUT2D eigenvalue weighted by molar-refractivity contribution is 5.81. The number of likely N-dealkylation sites (tertiary alicyclic amines) is 1. The summed E-state index contributed by atoms with van der Waals surface area (Å²) in [5.74, 6) is 1.42. The van der Waals surface area contributed by atoms with Crippen LogP contribution in [0.4, 0.5) is 0 Å². The van der Waals surface area contributed by atoms with Crippen LogP contribution in [0.3, 0.4) is 0 Å². The normalized spacial score (nSPS) is 16.8.